The number of aromatic nitrogens is 3. The maximum absolute atomic E-state index is 11.1. The Bertz CT molecular complexity index is 862. The van der Waals surface area contributed by atoms with Gasteiger partial charge < -0.3 is 9.72 Å². The van der Waals surface area contributed by atoms with Gasteiger partial charge in [-0.25, -0.2) is 9.97 Å². The van der Waals surface area contributed by atoms with Gasteiger partial charge in [0.1, 0.15) is 5.65 Å². The monoisotopic (exact) mass is 361 g/mol. The summed E-state index contributed by atoms with van der Waals surface area (Å²) in [6.45, 7) is 2.34. The van der Waals surface area contributed by atoms with Crippen LogP contribution in [0.4, 0.5) is 11.5 Å². The van der Waals surface area contributed by atoms with Gasteiger partial charge in [0, 0.05) is 29.1 Å². The van der Waals surface area contributed by atoms with Gasteiger partial charge in [-0.15, -0.1) is 0 Å². The Morgan fingerprint density at radius 2 is 2.32 bits per heavy atom. The first kappa shape index (κ1) is 14.5. The van der Waals surface area contributed by atoms with E-state index in [-0.39, 0.29) is 11.5 Å². The van der Waals surface area contributed by atoms with Gasteiger partial charge in [-0.1, -0.05) is 6.07 Å². The fourth-order valence-corrected chi connectivity index (χ4v) is 2.49. The Labute approximate surface area is 134 Å². The SMILES string of the molecule is Cc1cccn2cc(CNc3ncc(Br)cc3[N+](=O)[O-])nc12. The lowest BCUT2D eigenvalue weighted by Gasteiger charge is -2.04. The van der Waals surface area contributed by atoms with Crippen molar-refractivity contribution in [1.29, 1.82) is 0 Å². The van der Waals surface area contributed by atoms with Gasteiger partial charge in [-0.2, -0.15) is 0 Å². The van der Waals surface area contributed by atoms with E-state index in [4.69, 9.17) is 0 Å². The molecule has 8 heteroatoms. The minimum absolute atomic E-state index is 0.0747. The molecule has 0 aliphatic rings. The van der Waals surface area contributed by atoms with E-state index < -0.39 is 4.92 Å². The predicted octanol–water partition coefficient (Wildman–Crippen LogP) is 3.32. The minimum atomic E-state index is -0.464. The number of pyridine rings is 2. The average Bonchev–Trinajstić information content (AvgIpc) is 2.90. The largest absolute Gasteiger partial charge is 0.359 e. The Hall–Kier alpha value is -2.48. The lowest BCUT2D eigenvalue weighted by molar-refractivity contribution is -0.384. The summed E-state index contributed by atoms with van der Waals surface area (Å²) in [5.74, 6) is 0.224. The summed E-state index contributed by atoms with van der Waals surface area (Å²) < 4.78 is 2.49. The van der Waals surface area contributed by atoms with Gasteiger partial charge in [0.05, 0.1) is 17.2 Å². The Morgan fingerprint density at radius 3 is 3.05 bits per heavy atom. The third kappa shape index (κ3) is 2.77. The van der Waals surface area contributed by atoms with Gasteiger partial charge in [0.2, 0.25) is 5.82 Å². The zero-order valence-electron chi connectivity index (χ0n) is 11.7. The molecule has 0 radical (unpaired) electrons. The summed E-state index contributed by atoms with van der Waals surface area (Å²) in [5, 5.41) is 14.0. The molecule has 0 aliphatic carbocycles. The maximum Gasteiger partial charge on any atom is 0.312 e. The molecule has 3 aromatic heterocycles. The molecule has 3 heterocycles. The molecular weight excluding hydrogens is 350 g/mol. The molecule has 112 valence electrons. The number of nitro groups is 1. The van der Waals surface area contributed by atoms with Gasteiger partial charge in [0.25, 0.3) is 0 Å². The molecule has 7 nitrogen and oxygen atoms in total. The van der Waals surface area contributed by atoms with E-state index in [2.05, 4.69) is 31.2 Å². The molecule has 0 saturated carbocycles. The number of fused-ring (bicyclic) bond motifs is 1. The van der Waals surface area contributed by atoms with Crippen LogP contribution >= 0.6 is 15.9 Å². The van der Waals surface area contributed by atoms with E-state index in [9.17, 15) is 10.1 Å². The normalized spacial score (nSPS) is 10.8. The molecule has 22 heavy (non-hydrogen) atoms. The second kappa shape index (κ2) is 5.72. The molecule has 3 rings (SSSR count). The fraction of sp³-hybridized carbons (Fsp3) is 0.143. The highest BCUT2D eigenvalue weighted by Crippen LogP contribution is 2.25. The van der Waals surface area contributed by atoms with Crippen molar-refractivity contribution in [2.24, 2.45) is 0 Å². The number of aryl methyl sites for hydroxylation is 1. The molecule has 1 N–H and O–H groups in total. The zero-order valence-corrected chi connectivity index (χ0v) is 13.2. The summed E-state index contributed by atoms with van der Waals surface area (Å²) in [6, 6.07) is 5.35. The standard InChI is InChI=1S/C14H12BrN5O2/c1-9-3-2-4-19-8-11(18-14(9)19)7-17-13-12(20(21)22)5-10(15)6-16-13/h2-6,8H,7H2,1H3,(H,16,17). The molecule has 0 saturated heterocycles. The topological polar surface area (TPSA) is 85.4 Å². The van der Waals surface area contributed by atoms with Crippen molar-refractivity contribution >= 4 is 33.1 Å². The van der Waals surface area contributed by atoms with E-state index in [1.165, 1.54) is 12.3 Å². The second-order valence-electron chi connectivity index (χ2n) is 4.79. The molecule has 0 aromatic carbocycles. The summed E-state index contributed by atoms with van der Waals surface area (Å²) >= 11 is 3.18. The van der Waals surface area contributed by atoms with Crippen molar-refractivity contribution in [1.82, 2.24) is 14.4 Å². The first-order valence-corrected chi connectivity index (χ1v) is 7.31. The second-order valence-corrected chi connectivity index (χ2v) is 5.70. The quantitative estimate of drug-likeness (QED) is 0.569. The van der Waals surface area contributed by atoms with Crippen LogP contribution in [0.5, 0.6) is 0 Å². The van der Waals surface area contributed by atoms with E-state index in [0.717, 1.165) is 16.9 Å². The van der Waals surface area contributed by atoms with E-state index >= 15 is 0 Å². The van der Waals surface area contributed by atoms with Gasteiger partial charge in [-0.05, 0) is 34.5 Å². The molecule has 0 atom stereocenters. The molecule has 0 bridgehead atoms. The number of imidazole rings is 1. The Morgan fingerprint density at radius 1 is 1.50 bits per heavy atom. The third-order valence-electron chi connectivity index (χ3n) is 3.20. The highest BCUT2D eigenvalue weighted by molar-refractivity contribution is 9.10. The van der Waals surface area contributed by atoms with Crippen LogP contribution in [0.25, 0.3) is 5.65 Å². The van der Waals surface area contributed by atoms with E-state index in [1.54, 1.807) is 0 Å². The van der Waals surface area contributed by atoms with Crippen LogP contribution in [0.3, 0.4) is 0 Å². The van der Waals surface area contributed by atoms with Crippen LogP contribution in [-0.4, -0.2) is 19.3 Å². The summed E-state index contributed by atoms with van der Waals surface area (Å²) in [4.78, 5) is 19.2. The summed E-state index contributed by atoms with van der Waals surface area (Å²) in [7, 11) is 0. The smallest absolute Gasteiger partial charge is 0.312 e. The van der Waals surface area contributed by atoms with Crippen LogP contribution < -0.4 is 5.32 Å². The summed E-state index contributed by atoms with van der Waals surface area (Å²) in [6.07, 6.45) is 5.32. The van der Waals surface area contributed by atoms with Crippen molar-refractivity contribution in [3.05, 3.63) is 62.6 Å². The van der Waals surface area contributed by atoms with Crippen molar-refractivity contribution < 1.29 is 4.92 Å². The highest BCUT2D eigenvalue weighted by Gasteiger charge is 2.16. The molecular formula is C14H12BrN5O2. The minimum Gasteiger partial charge on any atom is -0.359 e. The maximum atomic E-state index is 11.1. The van der Waals surface area contributed by atoms with Crippen molar-refractivity contribution in [2.45, 2.75) is 13.5 Å². The van der Waals surface area contributed by atoms with Gasteiger partial charge >= 0.3 is 5.69 Å². The van der Waals surface area contributed by atoms with E-state index in [0.29, 0.717) is 11.0 Å². The molecule has 0 unspecified atom stereocenters. The lowest BCUT2D eigenvalue weighted by Crippen LogP contribution is -2.04. The summed E-state index contributed by atoms with van der Waals surface area (Å²) in [5.41, 5.74) is 2.65. The van der Waals surface area contributed by atoms with E-state index in [1.807, 2.05) is 35.9 Å². The highest BCUT2D eigenvalue weighted by atomic mass is 79.9. The predicted molar refractivity (Wildman–Crippen MR) is 85.8 cm³/mol. The third-order valence-corrected chi connectivity index (χ3v) is 3.63. The molecule has 0 aliphatic heterocycles. The van der Waals surface area contributed by atoms with Crippen LogP contribution in [0, 0.1) is 17.0 Å². The average molecular weight is 362 g/mol. The number of hydrogen-bond acceptors (Lipinski definition) is 5. The van der Waals surface area contributed by atoms with Crippen LogP contribution in [-0.2, 0) is 6.54 Å². The number of hydrogen-bond donors (Lipinski definition) is 1. The van der Waals surface area contributed by atoms with Crippen molar-refractivity contribution in [2.75, 3.05) is 5.32 Å². The first-order chi connectivity index (χ1) is 10.5. The van der Waals surface area contributed by atoms with Gasteiger partial charge in [-0.3, -0.25) is 10.1 Å². The molecule has 0 fully saturated rings. The number of nitrogens with one attached hydrogen (secondary N) is 1. The van der Waals surface area contributed by atoms with Crippen molar-refractivity contribution in [3.63, 3.8) is 0 Å². The van der Waals surface area contributed by atoms with Crippen LogP contribution in [0.15, 0.2) is 41.3 Å². The van der Waals surface area contributed by atoms with Crippen LogP contribution in [0.2, 0.25) is 0 Å². The van der Waals surface area contributed by atoms with Gasteiger partial charge in [0.15, 0.2) is 0 Å². The molecule has 3 aromatic rings. The van der Waals surface area contributed by atoms with Crippen LogP contribution in [0.1, 0.15) is 11.3 Å². The Kier molecular flexibility index (Phi) is 3.76. The fourth-order valence-electron chi connectivity index (χ4n) is 2.17. The molecule has 0 spiro atoms. The Balaban J connectivity index is 1.85. The van der Waals surface area contributed by atoms with Crippen molar-refractivity contribution in [3.8, 4) is 0 Å². The number of anilines is 1. The molecule has 0 amide bonds. The number of halogens is 1. The first-order valence-electron chi connectivity index (χ1n) is 6.51. The number of rotatable bonds is 4. The zero-order chi connectivity index (χ0) is 15.7. The number of nitrogens with zero attached hydrogens (tertiary/aromatic N) is 4. The lowest BCUT2D eigenvalue weighted by atomic mass is 10.3.